The average molecular weight is 260 g/mol. The number of carbonyl (C=O) groups is 1. The van der Waals surface area contributed by atoms with Gasteiger partial charge < -0.3 is 5.11 Å². The standard InChI is InChI=1S/C17H24O2/c1-12-9-10-15(14(3)13(12)2)8-6-7-11-17(4,5)16(18)19/h6,8-10H,7,11H2,1-5H3,(H,18,19)/b8-6+. The average Bonchev–Trinajstić information content (AvgIpc) is 2.34. The SMILES string of the molecule is Cc1ccc(/C=C/CCC(C)(C)C(=O)O)c(C)c1C. The molecule has 0 radical (unpaired) electrons. The second kappa shape index (κ2) is 6.05. The lowest BCUT2D eigenvalue weighted by Gasteiger charge is -2.17. The van der Waals surface area contributed by atoms with Crippen LogP contribution in [0.2, 0.25) is 0 Å². The number of hydrogen-bond acceptors (Lipinski definition) is 1. The van der Waals surface area contributed by atoms with Gasteiger partial charge in [-0.25, -0.2) is 0 Å². The van der Waals surface area contributed by atoms with Crippen molar-refractivity contribution in [2.45, 2.75) is 47.5 Å². The first-order valence-corrected chi connectivity index (χ1v) is 6.72. The lowest BCUT2D eigenvalue weighted by molar-refractivity contribution is -0.147. The topological polar surface area (TPSA) is 37.3 Å². The first kappa shape index (κ1) is 15.5. The minimum atomic E-state index is -0.733. The van der Waals surface area contributed by atoms with Crippen LogP contribution < -0.4 is 0 Å². The Hall–Kier alpha value is -1.57. The summed E-state index contributed by atoms with van der Waals surface area (Å²) in [6.07, 6.45) is 5.61. The number of carboxylic acids is 1. The van der Waals surface area contributed by atoms with Crippen molar-refractivity contribution in [2.24, 2.45) is 5.41 Å². The third-order valence-electron chi connectivity index (χ3n) is 3.91. The Morgan fingerprint density at radius 1 is 1.21 bits per heavy atom. The Morgan fingerprint density at radius 2 is 1.84 bits per heavy atom. The second-order valence-corrected chi connectivity index (χ2v) is 5.85. The number of aryl methyl sites for hydroxylation is 1. The minimum absolute atomic E-state index is 0.650. The number of carboxylic acid groups (broad SMARTS) is 1. The molecule has 0 heterocycles. The van der Waals surface area contributed by atoms with Gasteiger partial charge in [-0.1, -0.05) is 24.3 Å². The molecule has 0 aliphatic carbocycles. The van der Waals surface area contributed by atoms with Crippen LogP contribution in [0.5, 0.6) is 0 Å². The second-order valence-electron chi connectivity index (χ2n) is 5.85. The Bertz CT molecular complexity index is 496. The van der Waals surface area contributed by atoms with Crippen molar-refractivity contribution >= 4 is 12.0 Å². The molecule has 19 heavy (non-hydrogen) atoms. The van der Waals surface area contributed by atoms with Crippen LogP contribution >= 0.6 is 0 Å². The summed E-state index contributed by atoms with van der Waals surface area (Å²) >= 11 is 0. The zero-order chi connectivity index (χ0) is 14.6. The van der Waals surface area contributed by atoms with Crippen LogP contribution in [-0.4, -0.2) is 11.1 Å². The van der Waals surface area contributed by atoms with Gasteiger partial charge in [-0.3, -0.25) is 4.79 Å². The third-order valence-corrected chi connectivity index (χ3v) is 3.91. The first-order chi connectivity index (χ1) is 8.75. The van der Waals surface area contributed by atoms with Gasteiger partial charge in [0.25, 0.3) is 0 Å². The highest BCUT2D eigenvalue weighted by molar-refractivity contribution is 5.73. The number of aliphatic carboxylic acids is 1. The number of benzene rings is 1. The minimum Gasteiger partial charge on any atom is -0.481 e. The van der Waals surface area contributed by atoms with E-state index in [2.05, 4.69) is 45.1 Å². The molecule has 0 unspecified atom stereocenters. The number of allylic oxidation sites excluding steroid dienone is 1. The molecule has 0 spiro atoms. The molecule has 0 aliphatic rings. The van der Waals surface area contributed by atoms with E-state index in [4.69, 9.17) is 5.11 Å². The summed E-state index contributed by atoms with van der Waals surface area (Å²) in [5.74, 6) is -0.733. The molecule has 1 aromatic carbocycles. The predicted molar refractivity (Wildman–Crippen MR) is 80.3 cm³/mol. The molecule has 0 aliphatic heterocycles. The smallest absolute Gasteiger partial charge is 0.309 e. The Kier molecular flexibility index (Phi) is 4.93. The molecule has 1 N–H and O–H groups in total. The van der Waals surface area contributed by atoms with Crippen LogP contribution in [0.15, 0.2) is 18.2 Å². The van der Waals surface area contributed by atoms with E-state index in [-0.39, 0.29) is 0 Å². The van der Waals surface area contributed by atoms with Gasteiger partial charge in [-0.05, 0) is 69.7 Å². The van der Waals surface area contributed by atoms with Crippen molar-refractivity contribution in [2.75, 3.05) is 0 Å². The highest BCUT2D eigenvalue weighted by Gasteiger charge is 2.25. The zero-order valence-electron chi connectivity index (χ0n) is 12.6. The summed E-state index contributed by atoms with van der Waals surface area (Å²) in [5.41, 5.74) is 4.50. The summed E-state index contributed by atoms with van der Waals surface area (Å²) in [6, 6.07) is 4.25. The molecule has 0 fully saturated rings. The molecule has 0 bridgehead atoms. The van der Waals surface area contributed by atoms with Crippen LogP contribution in [0.3, 0.4) is 0 Å². The lowest BCUT2D eigenvalue weighted by atomic mass is 9.88. The summed E-state index contributed by atoms with van der Waals surface area (Å²) in [6.45, 7) is 9.92. The quantitative estimate of drug-likeness (QED) is 0.845. The molecule has 0 saturated heterocycles. The maximum absolute atomic E-state index is 11.0. The molecule has 0 aromatic heterocycles. The summed E-state index contributed by atoms with van der Waals surface area (Å²) in [7, 11) is 0. The molecule has 2 heteroatoms. The Morgan fingerprint density at radius 3 is 2.42 bits per heavy atom. The van der Waals surface area contributed by atoms with Crippen LogP contribution in [0.4, 0.5) is 0 Å². The van der Waals surface area contributed by atoms with Crippen molar-refractivity contribution < 1.29 is 9.90 Å². The van der Waals surface area contributed by atoms with Crippen LogP contribution in [-0.2, 0) is 4.79 Å². The Balaban J connectivity index is 2.69. The molecule has 104 valence electrons. The maximum Gasteiger partial charge on any atom is 0.309 e. The Labute approximate surface area is 116 Å². The van der Waals surface area contributed by atoms with Gasteiger partial charge in [0.15, 0.2) is 0 Å². The molecule has 1 rings (SSSR count). The van der Waals surface area contributed by atoms with Crippen molar-refractivity contribution in [3.05, 3.63) is 40.5 Å². The molecule has 0 amide bonds. The van der Waals surface area contributed by atoms with E-state index in [0.29, 0.717) is 6.42 Å². The molecule has 0 saturated carbocycles. The molecular formula is C17H24O2. The monoisotopic (exact) mass is 260 g/mol. The van der Waals surface area contributed by atoms with Crippen molar-refractivity contribution in [1.29, 1.82) is 0 Å². The summed E-state index contributed by atoms with van der Waals surface area (Å²) in [5, 5.41) is 9.04. The van der Waals surface area contributed by atoms with E-state index in [1.54, 1.807) is 13.8 Å². The molecule has 0 atom stereocenters. The van der Waals surface area contributed by atoms with Gasteiger partial charge in [0.2, 0.25) is 0 Å². The van der Waals surface area contributed by atoms with Crippen molar-refractivity contribution in [1.82, 2.24) is 0 Å². The zero-order valence-corrected chi connectivity index (χ0v) is 12.6. The molecule has 1 aromatic rings. The van der Waals surface area contributed by atoms with Gasteiger partial charge in [0.05, 0.1) is 5.41 Å². The summed E-state index contributed by atoms with van der Waals surface area (Å²) < 4.78 is 0. The van der Waals surface area contributed by atoms with E-state index >= 15 is 0 Å². The van der Waals surface area contributed by atoms with Gasteiger partial charge in [-0.15, -0.1) is 0 Å². The van der Waals surface area contributed by atoms with E-state index in [0.717, 1.165) is 6.42 Å². The number of rotatable bonds is 5. The van der Waals surface area contributed by atoms with Crippen LogP contribution in [0.25, 0.3) is 6.08 Å². The highest BCUT2D eigenvalue weighted by atomic mass is 16.4. The maximum atomic E-state index is 11.0. The van der Waals surface area contributed by atoms with Gasteiger partial charge in [-0.2, -0.15) is 0 Å². The van der Waals surface area contributed by atoms with E-state index in [1.165, 1.54) is 22.3 Å². The van der Waals surface area contributed by atoms with Gasteiger partial charge >= 0.3 is 5.97 Å². The van der Waals surface area contributed by atoms with Crippen molar-refractivity contribution in [3.8, 4) is 0 Å². The van der Waals surface area contributed by atoms with Gasteiger partial charge in [0.1, 0.15) is 0 Å². The molecule has 2 nitrogen and oxygen atoms in total. The van der Waals surface area contributed by atoms with Crippen LogP contribution in [0.1, 0.15) is 48.9 Å². The van der Waals surface area contributed by atoms with Crippen molar-refractivity contribution in [3.63, 3.8) is 0 Å². The lowest BCUT2D eigenvalue weighted by Crippen LogP contribution is -2.22. The fourth-order valence-electron chi connectivity index (χ4n) is 1.92. The van der Waals surface area contributed by atoms with E-state index in [1.807, 2.05) is 0 Å². The fraction of sp³-hybridized carbons (Fsp3) is 0.471. The fourth-order valence-corrected chi connectivity index (χ4v) is 1.92. The van der Waals surface area contributed by atoms with E-state index in [9.17, 15) is 4.79 Å². The normalized spacial score (nSPS) is 12.1. The highest BCUT2D eigenvalue weighted by Crippen LogP contribution is 2.23. The largest absolute Gasteiger partial charge is 0.481 e. The van der Waals surface area contributed by atoms with E-state index < -0.39 is 11.4 Å². The molecular weight excluding hydrogens is 236 g/mol. The summed E-state index contributed by atoms with van der Waals surface area (Å²) in [4.78, 5) is 11.0. The van der Waals surface area contributed by atoms with Crippen LogP contribution in [0, 0.1) is 26.2 Å². The number of hydrogen-bond donors (Lipinski definition) is 1. The predicted octanol–water partition coefficient (Wildman–Crippen LogP) is 4.52. The van der Waals surface area contributed by atoms with Gasteiger partial charge in [0, 0.05) is 0 Å². The third kappa shape index (κ3) is 3.95. The first-order valence-electron chi connectivity index (χ1n) is 6.72.